The van der Waals surface area contributed by atoms with Gasteiger partial charge in [-0.3, -0.25) is 0 Å². The van der Waals surface area contributed by atoms with Gasteiger partial charge in [0.1, 0.15) is 17.6 Å². The Morgan fingerprint density at radius 1 is 1.27 bits per heavy atom. The van der Waals surface area contributed by atoms with Crippen LogP contribution in [0.4, 0.5) is 0 Å². The Balaban J connectivity index is 1.93. The lowest BCUT2D eigenvalue weighted by molar-refractivity contribution is 0.0699. The molecule has 2 atom stereocenters. The molecule has 2 aromatic rings. The van der Waals surface area contributed by atoms with Gasteiger partial charge in [-0.05, 0) is 43.8 Å². The Bertz CT molecular complexity index is 659. The minimum Gasteiger partial charge on any atom is -0.493 e. The summed E-state index contributed by atoms with van der Waals surface area (Å²) in [5.41, 5.74) is 2.25. The molecule has 0 saturated carbocycles. The van der Waals surface area contributed by atoms with E-state index in [-0.39, 0.29) is 12.0 Å². The van der Waals surface area contributed by atoms with Crippen LogP contribution in [0.25, 0.3) is 0 Å². The highest BCUT2D eigenvalue weighted by molar-refractivity contribution is 9.10. The van der Waals surface area contributed by atoms with E-state index in [2.05, 4.69) is 40.3 Å². The van der Waals surface area contributed by atoms with Crippen molar-refractivity contribution in [1.82, 2.24) is 5.32 Å². The van der Waals surface area contributed by atoms with E-state index in [4.69, 9.17) is 9.47 Å². The van der Waals surface area contributed by atoms with Crippen molar-refractivity contribution in [1.29, 1.82) is 0 Å². The van der Waals surface area contributed by atoms with E-state index in [1.165, 1.54) is 0 Å². The maximum atomic E-state index is 6.39. The average Bonchev–Trinajstić information content (AvgIpc) is 2.52. The third-order valence-corrected chi connectivity index (χ3v) is 4.46. The predicted molar refractivity (Wildman–Crippen MR) is 91.6 cm³/mol. The zero-order valence-electron chi connectivity index (χ0n) is 12.8. The van der Waals surface area contributed by atoms with Gasteiger partial charge in [-0.2, -0.15) is 0 Å². The molecule has 0 amide bonds. The second kappa shape index (κ2) is 6.71. The second-order valence-corrected chi connectivity index (χ2v) is 6.53. The summed E-state index contributed by atoms with van der Waals surface area (Å²) in [5, 5.41) is 3.24. The van der Waals surface area contributed by atoms with Crippen LogP contribution in [-0.4, -0.2) is 20.2 Å². The first-order valence-electron chi connectivity index (χ1n) is 7.48. The van der Waals surface area contributed by atoms with Crippen LogP contribution in [0.5, 0.6) is 11.5 Å². The van der Waals surface area contributed by atoms with E-state index in [1.807, 2.05) is 37.4 Å². The highest BCUT2D eigenvalue weighted by Gasteiger charge is 2.32. The van der Waals surface area contributed by atoms with E-state index in [0.29, 0.717) is 6.61 Å². The maximum Gasteiger partial charge on any atom is 0.135 e. The molecule has 2 aromatic carbocycles. The average molecular weight is 362 g/mol. The molecule has 0 fully saturated rings. The predicted octanol–water partition coefficient (Wildman–Crippen LogP) is 4.11. The van der Waals surface area contributed by atoms with Crippen LogP contribution in [0.1, 0.15) is 17.2 Å². The first-order chi connectivity index (χ1) is 10.7. The summed E-state index contributed by atoms with van der Waals surface area (Å²) in [5.74, 6) is 2.13. The molecule has 0 spiro atoms. The van der Waals surface area contributed by atoms with Crippen molar-refractivity contribution in [2.75, 3.05) is 20.2 Å². The van der Waals surface area contributed by atoms with E-state index >= 15 is 0 Å². The molecule has 0 saturated heterocycles. The van der Waals surface area contributed by atoms with E-state index < -0.39 is 0 Å². The molecule has 3 rings (SSSR count). The van der Waals surface area contributed by atoms with Crippen molar-refractivity contribution in [3.05, 3.63) is 58.1 Å². The van der Waals surface area contributed by atoms with Crippen LogP contribution >= 0.6 is 15.9 Å². The van der Waals surface area contributed by atoms with Gasteiger partial charge in [0.2, 0.25) is 0 Å². The third-order valence-electron chi connectivity index (χ3n) is 3.96. The fourth-order valence-electron chi connectivity index (χ4n) is 2.85. The van der Waals surface area contributed by atoms with Crippen LogP contribution in [0.2, 0.25) is 0 Å². The van der Waals surface area contributed by atoms with Crippen LogP contribution in [-0.2, 0) is 0 Å². The van der Waals surface area contributed by atoms with Gasteiger partial charge < -0.3 is 14.8 Å². The SMILES string of the molecule is CNC[C@@H]1COc2ccccc2[C@@H]1Oc1ccc(Br)cc1C. The van der Waals surface area contributed by atoms with Crippen molar-refractivity contribution >= 4 is 15.9 Å². The quantitative estimate of drug-likeness (QED) is 0.888. The van der Waals surface area contributed by atoms with Crippen LogP contribution in [0.3, 0.4) is 0 Å². The number of halogens is 1. The van der Waals surface area contributed by atoms with Gasteiger partial charge in [-0.25, -0.2) is 0 Å². The summed E-state index contributed by atoms with van der Waals surface area (Å²) in [6.45, 7) is 3.59. The monoisotopic (exact) mass is 361 g/mol. The first kappa shape index (κ1) is 15.4. The van der Waals surface area contributed by atoms with Crippen molar-refractivity contribution in [3.8, 4) is 11.5 Å². The molecule has 1 aliphatic rings. The number of benzene rings is 2. The molecule has 3 nitrogen and oxygen atoms in total. The minimum absolute atomic E-state index is 0.00252. The number of para-hydroxylation sites is 1. The van der Waals surface area contributed by atoms with Gasteiger partial charge in [-0.1, -0.05) is 34.1 Å². The summed E-state index contributed by atoms with van der Waals surface area (Å²) in [6, 6.07) is 14.3. The molecule has 1 heterocycles. The lowest BCUT2D eigenvalue weighted by atomic mass is 9.93. The summed E-state index contributed by atoms with van der Waals surface area (Å²) < 4.78 is 13.3. The van der Waals surface area contributed by atoms with Gasteiger partial charge in [0.05, 0.1) is 6.61 Å². The zero-order chi connectivity index (χ0) is 15.5. The fourth-order valence-corrected chi connectivity index (χ4v) is 3.33. The highest BCUT2D eigenvalue weighted by atomic mass is 79.9. The van der Waals surface area contributed by atoms with Gasteiger partial charge in [0.15, 0.2) is 0 Å². The van der Waals surface area contributed by atoms with Crippen LogP contribution < -0.4 is 14.8 Å². The third kappa shape index (κ3) is 3.13. The number of fused-ring (bicyclic) bond motifs is 1. The molecule has 0 aromatic heterocycles. The number of hydrogen-bond acceptors (Lipinski definition) is 3. The van der Waals surface area contributed by atoms with Crippen LogP contribution in [0, 0.1) is 12.8 Å². The fraction of sp³-hybridized carbons (Fsp3) is 0.333. The number of rotatable bonds is 4. The van der Waals surface area contributed by atoms with E-state index in [9.17, 15) is 0 Å². The second-order valence-electron chi connectivity index (χ2n) is 5.61. The molecule has 1 N–H and O–H groups in total. The summed E-state index contributed by atoms with van der Waals surface area (Å²) in [4.78, 5) is 0. The van der Waals surface area contributed by atoms with Crippen molar-refractivity contribution < 1.29 is 9.47 Å². The maximum absolute atomic E-state index is 6.39. The number of hydrogen-bond donors (Lipinski definition) is 1. The Morgan fingerprint density at radius 3 is 2.86 bits per heavy atom. The van der Waals surface area contributed by atoms with Crippen molar-refractivity contribution in [2.45, 2.75) is 13.0 Å². The van der Waals surface area contributed by atoms with Crippen molar-refractivity contribution in [2.24, 2.45) is 5.92 Å². The molecule has 0 unspecified atom stereocenters. The van der Waals surface area contributed by atoms with Gasteiger partial charge in [0.25, 0.3) is 0 Å². The van der Waals surface area contributed by atoms with Gasteiger partial charge in [-0.15, -0.1) is 0 Å². The van der Waals surface area contributed by atoms with Crippen molar-refractivity contribution in [3.63, 3.8) is 0 Å². The van der Waals surface area contributed by atoms with Gasteiger partial charge in [0, 0.05) is 22.5 Å². The molecular weight excluding hydrogens is 342 g/mol. The zero-order valence-corrected chi connectivity index (χ0v) is 14.4. The minimum atomic E-state index is -0.00252. The number of ether oxygens (including phenoxy) is 2. The highest BCUT2D eigenvalue weighted by Crippen LogP contribution is 2.39. The number of nitrogens with one attached hydrogen (secondary N) is 1. The lowest BCUT2D eigenvalue weighted by Crippen LogP contribution is -2.36. The molecule has 1 aliphatic heterocycles. The van der Waals surface area contributed by atoms with Crippen LogP contribution in [0.15, 0.2) is 46.9 Å². The molecule has 0 aliphatic carbocycles. The standard InChI is InChI=1S/C18H20BrNO2/c1-12-9-14(19)7-8-16(12)22-18-13(10-20-2)11-21-17-6-4-3-5-15(17)18/h3-9,13,18,20H,10-11H2,1-2H3/t13-,18-/m1/s1. The molecule has 4 heteroatoms. The molecular formula is C18H20BrNO2. The largest absolute Gasteiger partial charge is 0.493 e. The molecule has 0 bridgehead atoms. The summed E-state index contributed by atoms with van der Waals surface area (Å²) >= 11 is 3.50. The molecule has 22 heavy (non-hydrogen) atoms. The molecule has 116 valence electrons. The number of aryl methyl sites for hydroxylation is 1. The van der Waals surface area contributed by atoms with E-state index in [0.717, 1.165) is 33.6 Å². The van der Waals surface area contributed by atoms with Gasteiger partial charge >= 0.3 is 0 Å². The Hall–Kier alpha value is -1.52. The van der Waals surface area contributed by atoms with E-state index in [1.54, 1.807) is 0 Å². The molecule has 0 radical (unpaired) electrons. The Labute approximate surface area is 139 Å². The smallest absolute Gasteiger partial charge is 0.135 e. The Kier molecular flexibility index (Phi) is 4.69. The Morgan fingerprint density at radius 2 is 2.09 bits per heavy atom. The first-order valence-corrected chi connectivity index (χ1v) is 8.27. The summed E-state index contributed by atoms with van der Waals surface area (Å²) in [7, 11) is 1.96. The normalized spacial score (nSPS) is 20.1. The lowest BCUT2D eigenvalue weighted by Gasteiger charge is -2.34. The summed E-state index contributed by atoms with van der Waals surface area (Å²) in [6.07, 6.45) is -0.00252. The topological polar surface area (TPSA) is 30.5 Å².